The maximum atomic E-state index is 5.97. The number of hydrogen-bond donors (Lipinski definition) is 2. The van der Waals surface area contributed by atoms with Crippen molar-refractivity contribution in [2.45, 2.75) is 45.1 Å². The van der Waals surface area contributed by atoms with Crippen molar-refractivity contribution < 1.29 is 9.31 Å². The van der Waals surface area contributed by atoms with Gasteiger partial charge in [-0.3, -0.25) is 0 Å². The molecule has 0 radical (unpaired) electrons. The van der Waals surface area contributed by atoms with Crippen LogP contribution < -0.4 is 16.9 Å². The third kappa shape index (κ3) is 2.31. The second-order valence-corrected chi connectivity index (χ2v) is 5.78. The minimum Gasteiger partial charge on any atom is -0.399 e. The Balaban J connectivity index is 2.19. The topological polar surface area (TPSA) is 70.5 Å². The number of benzene rings is 1. The quantitative estimate of drug-likeness (QED) is 0.602. The lowest BCUT2D eigenvalue weighted by atomic mass is 9.79. The van der Waals surface area contributed by atoms with Crippen LogP contribution in [0.5, 0.6) is 0 Å². The molecule has 0 amide bonds. The zero-order chi connectivity index (χ0) is 13.6. The Morgan fingerprint density at radius 3 is 1.78 bits per heavy atom. The Hall–Kier alpha value is -0.875. The van der Waals surface area contributed by atoms with E-state index < -0.39 is 6.17 Å². The van der Waals surface area contributed by atoms with Crippen molar-refractivity contribution in [3.05, 3.63) is 29.8 Å². The molecule has 1 saturated heterocycles. The summed E-state index contributed by atoms with van der Waals surface area (Å²) in [7, 11) is -0.335. The molecule has 0 saturated carbocycles. The van der Waals surface area contributed by atoms with Gasteiger partial charge in [-0.05, 0) is 38.7 Å². The molecular weight excluding hydrogens is 227 g/mol. The molecule has 4 N–H and O–H groups in total. The Kier molecular flexibility index (Phi) is 3.27. The van der Waals surface area contributed by atoms with Gasteiger partial charge >= 0.3 is 7.12 Å². The van der Waals surface area contributed by atoms with E-state index in [-0.39, 0.29) is 18.3 Å². The molecule has 1 heterocycles. The normalized spacial score (nSPS) is 21.6. The van der Waals surface area contributed by atoms with Crippen LogP contribution in [0.2, 0.25) is 0 Å². The summed E-state index contributed by atoms with van der Waals surface area (Å²) in [5.74, 6) is 0. The monoisotopic (exact) mass is 248 g/mol. The van der Waals surface area contributed by atoms with Gasteiger partial charge < -0.3 is 20.8 Å². The Morgan fingerprint density at radius 1 is 0.944 bits per heavy atom. The predicted octanol–water partition coefficient (Wildman–Crippen LogP) is 0.902. The van der Waals surface area contributed by atoms with Crippen LogP contribution in [-0.4, -0.2) is 18.3 Å². The Bertz CT molecular complexity index is 413. The molecular formula is C13H21BN2O2. The molecule has 4 nitrogen and oxygen atoms in total. The Labute approximate surface area is 109 Å². The molecule has 0 unspecified atom stereocenters. The van der Waals surface area contributed by atoms with Crippen LogP contribution in [0.15, 0.2) is 24.3 Å². The molecule has 0 atom stereocenters. The predicted molar refractivity (Wildman–Crippen MR) is 73.3 cm³/mol. The van der Waals surface area contributed by atoms with Crippen molar-refractivity contribution in [1.82, 2.24) is 0 Å². The van der Waals surface area contributed by atoms with Gasteiger partial charge in [-0.2, -0.15) is 0 Å². The van der Waals surface area contributed by atoms with Gasteiger partial charge in [0.05, 0.1) is 17.4 Å². The minimum absolute atomic E-state index is 0.319. The fourth-order valence-electron chi connectivity index (χ4n) is 1.85. The van der Waals surface area contributed by atoms with E-state index in [0.29, 0.717) is 0 Å². The molecule has 98 valence electrons. The molecule has 0 aliphatic carbocycles. The molecule has 5 heteroatoms. The molecule has 1 aliphatic heterocycles. The van der Waals surface area contributed by atoms with Crippen LogP contribution in [0.3, 0.4) is 0 Å². The fraction of sp³-hybridized carbons (Fsp3) is 0.538. The summed E-state index contributed by atoms with van der Waals surface area (Å²) in [5, 5.41) is 0. The molecule has 2 rings (SSSR count). The van der Waals surface area contributed by atoms with Gasteiger partial charge in [0.2, 0.25) is 0 Å². The summed E-state index contributed by atoms with van der Waals surface area (Å²) in [6, 6.07) is 7.71. The van der Waals surface area contributed by atoms with Gasteiger partial charge in [0.15, 0.2) is 0 Å². The van der Waals surface area contributed by atoms with Crippen LogP contribution in [0, 0.1) is 0 Å². The van der Waals surface area contributed by atoms with Gasteiger partial charge in [-0.1, -0.05) is 24.3 Å². The molecule has 1 aliphatic rings. The van der Waals surface area contributed by atoms with Gasteiger partial charge in [0.1, 0.15) is 0 Å². The second-order valence-electron chi connectivity index (χ2n) is 5.78. The van der Waals surface area contributed by atoms with Crippen LogP contribution in [-0.2, 0) is 9.31 Å². The van der Waals surface area contributed by atoms with E-state index in [4.69, 9.17) is 20.8 Å². The van der Waals surface area contributed by atoms with E-state index in [1.54, 1.807) is 0 Å². The van der Waals surface area contributed by atoms with Gasteiger partial charge in [-0.25, -0.2) is 0 Å². The van der Waals surface area contributed by atoms with E-state index in [9.17, 15) is 0 Å². The van der Waals surface area contributed by atoms with Crippen molar-refractivity contribution in [3.63, 3.8) is 0 Å². The van der Waals surface area contributed by atoms with E-state index in [1.807, 2.05) is 52.0 Å². The highest BCUT2D eigenvalue weighted by atomic mass is 16.7. The summed E-state index contributed by atoms with van der Waals surface area (Å²) in [4.78, 5) is 0. The standard InChI is InChI=1S/C13H21BN2O2/c1-12(2)13(3,4)18-14(17-12)10-7-5-9(6-8-10)11(15)16/h5-8,11H,15-16H2,1-4H3. The minimum atomic E-state index is -0.447. The third-order valence-electron chi connectivity index (χ3n) is 3.85. The first-order valence-corrected chi connectivity index (χ1v) is 6.20. The lowest BCUT2D eigenvalue weighted by molar-refractivity contribution is 0.00578. The van der Waals surface area contributed by atoms with Crippen molar-refractivity contribution >= 4 is 12.6 Å². The first-order chi connectivity index (χ1) is 8.23. The average Bonchev–Trinajstić information content (AvgIpc) is 2.48. The highest BCUT2D eigenvalue weighted by molar-refractivity contribution is 6.62. The maximum Gasteiger partial charge on any atom is 0.494 e. The molecule has 18 heavy (non-hydrogen) atoms. The SMILES string of the molecule is CC1(C)OB(c2ccc(C(N)N)cc2)OC1(C)C. The smallest absolute Gasteiger partial charge is 0.399 e. The first kappa shape index (κ1) is 13.6. The summed E-state index contributed by atoms with van der Waals surface area (Å²) < 4.78 is 11.9. The zero-order valence-electron chi connectivity index (χ0n) is 11.4. The largest absolute Gasteiger partial charge is 0.494 e. The fourth-order valence-corrected chi connectivity index (χ4v) is 1.85. The molecule has 0 aromatic heterocycles. The maximum absolute atomic E-state index is 5.97. The Morgan fingerprint density at radius 2 is 1.39 bits per heavy atom. The first-order valence-electron chi connectivity index (χ1n) is 6.20. The van der Waals surface area contributed by atoms with Crippen LogP contribution >= 0.6 is 0 Å². The highest BCUT2D eigenvalue weighted by Crippen LogP contribution is 2.36. The summed E-state index contributed by atoms with van der Waals surface area (Å²) >= 11 is 0. The molecule has 1 aromatic carbocycles. The van der Waals surface area contributed by atoms with Crippen molar-refractivity contribution in [2.75, 3.05) is 0 Å². The van der Waals surface area contributed by atoms with Crippen molar-refractivity contribution in [2.24, 2.45) is 11.5 Å². The van der Waals surface area contributed by atoms with E-state index in [2.05, 4.69) is 0 Å². The second kappa shape index (κ2) is 4.35. The van der Waals surface area contributed by atoms with Crippen LogP contribution in [0.4, 0.5) is 0 Å². The average molecular weight is 248 g/mol. The molecule has 1 aromatic rings. The van der Waals surface area contributed by atoms with Crippen LogP contribution in [0.1, 0.15) is 39.4 Å². The van der Waals surface area contributed by atoms with Gasteiger partial charge in [-0.15, -0.1) is 0 Å². The zero-order valence-corrected chi connectivity index (χ0v) is 11.4. The van der Waals surface area contributed by atoms with Crippen molar-refractivity contribution in [3.8, 4) is 0 Å². The van der Waals surface area contributed by atoms with E-state index >= 15 is 0 Å². The molecule has 0 bridgehead atoms. The number of hydrogen-bond acceptors (Lipinski definition) is 4. The summed E-state index contributed by atoms with van der Waals surface area (Å²) in [6.07, 6.45) is -0.447. The van der Waals surface area contributed by atoms with Gasteiger partial charge in [0, 0.05) is 0 Å². The molecule has 0 spiro atoms. The number of nitrogens with two attached hydrogens (primary N) is 2. The lowest BCUT2D eigenvalue weighted by Crippen LogP contribution is -2.41. The summed E-state index contributed by atoms with van der Waals surface area (Å²) in [5.41, 5.74) is 12.5. The van der Waals surface area contributed by atoms with Gasteiger partial charge in [0.25, 0.3) is 0 Å². The van der Waals surface area contributed by atoms with E-state index in [0.717, 1.165) is 11.0 Å². The third-order valence-corrected chi connectivity index (χ3v) is 3.85. The van der Waals surface area contributed by atoms with E-state index in [1.165, 1.54) is 0 Å². The van der Waals surface area contributed by atoms with Crippen LogP contribution in [0.25, 0.3) is 0 Å². The summed E-state index contributed by atoms with van der Waals surface area (Å²) in [6.45, 7) is 8.16. The van der Waals surface area contributed by atoms with Crippen molar-refractivity contribution in [1.29, 1.82) is 0 Å². The number of rotatable bonds is 2. The molecule has 1 fully saturated rings. The lowest BCUT2D eigenvalue weighted by Gasteiger charge is -2.32. The highest BCUT2D eigenvalue weighted by Gasteiger charge is 2.51.